The van der Waals surface area contributed by atoms with E-state index in [4.69, 9.17) is 0 Å². The van der Waals surface area contributed by atoms with Crippen molar-refractivity contribution in [2.24, 2.45) is 0 Å². The first-order chi connectivity index (χ1) is 10.7. The molecule has 2 nitrogen and oxygen atoms in total. The van der Waals surface area contributed by atoms with Crippen molar-refractivity contribution in [1.29, 1.82) is 0 Å². The summed E-state index contributed by atoms with van der Waals surface area (Å²) in [5.74, 6) is -2.14. The third-order valence-electron chi connectivity index (χ3n) is 3.86. The average Bonchev–Trinajstić information content (AvgIpc) is 2.46. The van der Waals surface area contributed by atoms with Crippen LogP contribution in [0.25, 0.3) is 0 Å². The van der Waals surface area contributed by atoms with Gasteiger partial charge in [0.1, 0.15) is 0 Å². The molecule has 0 bridgehead atoms. The molecular weight excluding hydrogens is 305 g/mol. The Hall–Kier alpha value is -2.30. The third kappa shape index (κ3) is 3.92. The second-order valence-electron chi connectivity index (χ2n) is 5.61. The molecule has 0 radical (unpaired) electrons. The number of carbonyl (C=O) groups is 1. The fourth-order valence-corrected chi connectivity index (χ4v) is 2.66. The number of halogens is 3. The van der Waals surface area contributed by atoms with Gasteiger partial charge in [-0.1, -0.05) is 42.0 Å². The van der Waals surface area contributed by atoms with Crippen LogP contribution in [0.4, 0.5) is 13.2 Å². The van der Waals surface area contributed by atoms with Crippen LogP contribution in [0.1, 0.15) is 33.7 Å². The lowest BCUT2D eigenvalue weighted by atomic mass is 9.87. The Kier molecular flexibility index (Phi) is 4.78. The van der Waals surface area contributed by atoms with Gasteiger partial charge in [-0.3, -0.25) is 4.79 Å². The van der Waals surface area contributed by atoms with Crippen molar-refractivity contribution in [3.8, 4) is 0 Å². The molecule has 23 heavy (non-hydrogen) atoms. The summed E-state index contributed by atoms with van der Waals surface area (Å²) in [6, 6.07) is 10.5. The lowest BCUT2D eigenvalue weighted by Gasteiger charge is -2.19. The van der Waals surface area contributed by atoms with E-state index in [0.717, 1.165) is 17.2 Å². The maximum atomic E-state index is 13.1. The molecule has 0 aliphatic heterocycles. The number of rotatable bonds is 4. The zero-order valence-corrected chi connectivity index (χ0v) is 12.8. The topological polar surface area (TPSA) is 37.3 Å². The zero-order chi connectivity index (χ0) is 17.2. The summed E-state index contributed by atoms with van der Waals surface area (Å²) in [6.45, 7) is 3.59. The Morgan fingerprint density at radius 3 is 2.39 bits per heavy atom. The molecule has 0 amide bonds. The van der Waals surface area contributed by atoms with Crippen molar-refractivity contribution in [3.63, 3.8) is 0 Å². The highest BCUT2D eigenvalue weighted by Gasteiger charge is 2.34. The molecule has 5 heteroatoms. The lowest BCUT2D eigenvalue weighted by molar-refractivity contribution is -0.141. The predicted octanol–water partition coefficient (Wildman–Crippen LogP) is 4.73. The van der Waals surface area contributed by atoms with Gasteiger partial charge in [0.05, 0.1) is 11.5 Å². The summed E-state index contributed by atoms with van der Waals surface area (Å²) in [5, 5.41) is 9.52. The quantitative estimate of drug-likeness (QED) is 0.883. The maximum absolute atomic E-state index is 13.1. The summed E-state index contributed by atoms with van der Waals surface area (Å²) in [5.41, 5.74) is 1.40. The van der Waals surface area contributed by atoms with E-state index in [1.54, 1.807) is 19.1 Å². The van der Waals surface area contributed by atoms with Gasteiger partial charge in [0, 0.05) is 0 Å². The Morgan fingerprint density at radius 1 is 1.13 bits per heavy atom. The van der Waals surface area contributed by atoms with Crippen molar-refractivity contribution in [2.75, 3.05) is 0 Å². The molecule has 0 aromatic heterocycles. The van der Waals surface area contributed by atoms with Gasteiger partial charge < -0.3 is 5.11 Å². The van der Waals surface area contributed by atoms with Crippen LogP contribution in [0.3, 0.4) is 0 Å². The largest absolute Gasteiger partial charge is 0.481 e. The van der Waals surface area contributed by atoms with Crippen molar-refractivity contribution >= 4 is 5.97 Å². The summed E-state index contributed by atoms with van der Waals surface area (Å²) in [6.07, 6.45) is -4.70. The van der Waals surface area contributed by atoms with E-state index in [0.29, 0.717) is 5.56 Å². The summed E-state index contributed by atoms with van der Waals surface area (Å²) in [7, 11) is 0. The third-order valence-corrected chi connectivity index (χ3v) is 3.86. The summed E-state index contributed by atoms with van der Waals surface area (Å²) < 4.78 is 39.3. The molecule has 0 saturated carbocycles. The number of aryl methyl sites for hydroxylation is 2. The van der Waals surface area contributed by atoms with Gasteiger partial charge in [0.15, 0.2) is 0 Å². The van der Waals surface area contributed by atoms with Gasteiger partial charge in [0.25, 0.3) is 0 Å². The highest BCUT2D eigenvalue weighted by atomic mass is 19.4. The fourth-order valence-electron chi connectivity index (χ4n) is 2.66. The van der Waals surface area contributed by atoms with Crippen LogP contribution in [-0.2, 0) is 17.4 Å². The first kappa shape index (κ1) is 17.1. The molecule has 2 aromatic rings. The van der Waals surface area contributed by atoms with E-state index in [-0.39, 0.29) is 12.0 Å². The molecular formula is C18H17F3O2. The molecule has 1 unspecified atom stereocenters. The van der Waals surface area contributed by atoms with Crippen LogP contribution < -0.4 is 0 Å². The molecule has 122 valence electrons. The van der Waals surface area contributed by atoms with Crippen LogP contribution in [0.5, 0.6) is 0 Å². The van der Waals surface area contributed by atoms with Crippen molar-refractivity contribution in [1.82, 2.24) is 0 Å². The van der Waals surface area contributed by atoms with Crippen LogP contribution >= 0.6 is 0 Å². The van der Waals surface area contributed by atoms with Crippen molar-refractivity contribution in [2.45, 2.75) is 32.4 Å². The number of benzene rings is 2. The molecule has 2 rings (SSSR count). The molecule has 2 aromatic carbocycles. The number of carboxylic acid groups (broad SMARTS) is 1. The predicted molar refractivity (Wildman–Crippen MR) is 81.4 cm³/mol. The van der Waals surface area contributed by atoms with E-state index >= 15 is 0 Å². The van der Waals surface area contributed by atoms with Crippen LogP contribution in [-0.4, -0.2) is 11.1 Å². The Balaban J connectivity index is 2.47. The Morgan fingerprint density at radius 2 is 1.78 bits per heavy atom. The molecule has 1 N–H and O–H groups in total. The molecule has 1 atom stereocenters. The van der Waals surface area contributed by atoms with Gasteiger partial charge >= 0.3 is 12.1 Å². The smallest absolute Gasteiger partial charge is 0.416 e. The van der Waals surface area contributed by atoms with E-state index in [1.165, 1.54) is 18.2 Å². The highest BCUT2D eigenvalue weighted by Crippen LogP contribution is 2.35. The Labute approximate surface area is 132 Å². The monoisotopic (exact) mass is 322 g/mol. The van der Waals surface area contributed by atoms with E-state index < -0.39 is 23.6 Å². The summed E-state index contributed by atoms with van der Waals surface area (Å²) >= 11 is 0. The average molecular weight is 322 g/mol. The summed E-state index contributed by atoms with van der Waals surface area (Å²) in [4.78, 5) is 11.6. The van der Waals surface area contributed by atoms with Gasteiger partial charge in [-0.15, -0.1) is 0 Å². The van der Waals surface area contributed by atoms with Gasteiger partial charge in [-0.25, -0.2) is 0 Å². The molecule has 0 aliphatic carbocycles. The van der Waals surface area contributed by atoms with Gasteiger partial charge in [0.2, 0.25) is 0 Å². The zero-order valence-electron chi connectivity index (χ0n) is 12.8. The maximum Gasteiger partial charge on any atom is 0.416 e. The number of aliphatic carboxylic acids is 1. The normalized spacial score (nSPS) is 12.9. The number of hydrogen-bond donors (Lipinski definition) is 1. The van der Waals surface area contributed by atoms with Gasteiger partial charge in [-0.05, 0) is 43.0 Å². The second-order valence-corrected chi connectivity index (χ2v) is 5.61. The van der Waals surface area contributed by atoms with Gasteiger partial charge in [-0.2, -0.15) is 13.2 Å². The highest BCUT2D eigenvalue weighted by molar-refractivity contribution is 5.77. The minimum atomic E-state index is -4.50. The first-order valence-corrected chi connectivity index (χ1v) is 7.15. The van der Waals surface area contributed by atoms with Crippen LogP contribution in [0, 0.1) is 13.8 Å². The SMILES string of the molecule is Cc1ccc(C)c(C(Cc2ccccc2C(F)(F)F)C(=O)O)c1. The fraction of sp³-hybridized carbons (Fsp3) is 0.278. The van der Waals surface area contributed by atoms with E-state index in [1.807, 2.05) is 13.0 Å². The first-order valence-electron chi connectivity index (χ1n) is 7.15. The molecule has 0 fully saturated rings. The standard InChI is InChI=1S/C18H17F3O2/c1-11-7-8-12(2)14(9-11)15(17(22)23)10-13-5-3-4-6-16(13)18(19,20)21/h3-9,15H,10H2,1-2H3,(H,22,23). The van der Waals surface area contributed by atoms with E-state index in [2.05, 4.69) is 0 Å². The second kappa shape index (κ2) is 6.44. The minimum Gasteiger partial charge on any atom is -0.481 e. The van der Waals surface area contributed by atoms with Crippen LogP contribution in [0.2, 0.25) is 0 Å². The van der Waals surface area contributed by atoms with Crippen molar-refractivity contribution < 1.29 is 23.1 Å². The lowest BCUT2D eigenvalue weighted by Crippen LogP contribution is -2.18. The number of carboxylic acids is 1. The molecule has 0 aliphatic rings. The van der Waals surface area contributed by atoms with Crippen molar-refractivity contribution in [3.05, 3.63) is 70.3 Å². The van der Waals surface area contributed by atoms with Crippen LogP contribution in [0.15, 0.2) is 42.5 Å². The molecule has 0 saturated heterocycles. The minimum absolute atomic E-state index is 0.00620. The number of hydrogen-bond acceptors (Lipinski definition) is 1. The Bertz CT molecular complexity index is 720. The molecule has 0 heterocycles. The van der Waals surface area contributed by atoms with E-state index in [9.17, 15) is 23.1 Å². The molecule has 0 spiro atoms. The number of alkyl halides is 3.